The molecule has 3 rings (SSSR count). The molecule has 0 radical (unpaired) electrons. The second kappa shape index (κ2) is 9.76. The number of morpholine rings is 1. The van der Waals surface area contributed by atoms with Crippen molar-refractivity contribution in [1.29, 1.82) is 0 Å². The lowest BCUT2D eigenvalue weighted by Gasteiger charge is -2.23. The van der Waals surface area contributed by atoms with Gasteiger partial charge in [-0.15, -0.1) is 11.8 Å². The molecule has 0 aliphatic carbocycles. The van der Waals surface area contributed by atoms with E-state index in [0.717, 1.165) is 44.2 Å². The van der Waals surface area contributed by atoms with Crippen LogP contribution >= 0.6 is 11.8 Å². The second-order valence-corrected chi connectivity index (χ2v) is 7.82. The maximum atomic E-state index is 12.3. The average Bonchev–Trinajstić information content (AvgIpc) is 2.68. The summed E-state index contributed by atoms with van der Waals surface area (Å²) in [6.07, 6.45) is 0. The molecule has 0 bridgehead atoms. The van der Waals surface area contributed by atoms with Gasteiger partial charge in [-0.3, -0.25) is 4.79 Å². The molecular formula is C21H27N2O2S+. The smallest absolute Gasteiger partial charge is 0.251 e. The third-order valence-electron chi connectivity index (χ3n) is 4.55. The Morgan fingerprint density at radius 2 is 1.77 bits per heavy atom. The number of ether oxygens (including phenoxy) is 1. The summed E-state index contributed by atoms with van der Waals surface area (Å²) < 4.78 is 5.39. The number of rotatable bonds is 7. The summed E-state index contributed by atoms with van der Waals surface area (Å²) >= 11 is 1.76. The molecule has 5 heteroatoms. The first-order valence-electron chi connectivity index (χ1n) is 9.18. The fourth-order valence-corrected chi connectivity index (χ4v) is 3.74. The molecule has 26 heavy (non-hydrogen) atoms. The number of carbonyl (C=O) groups excluding carboxylic acids is 1. The fourth-order valence-electron chi connectivity index (χ4n) is 2.97. The van der Waals surface area contributed by atoms with E-state index in [1.54, 1.807) is 16.7 Å². The summed E-state index contributed by atoms with van der Waals surface area (Å²) in [5.41, 5.74) is 3.26. The highest BCUT2D eigenvalue weighted by molar-refractivity contribution is 7.99. The molecule has 1 aliphatic rings. The van der Waals surface area contributed by atoms with Crippen molar-refractivity contribution >= 4 is 17.7 Å². The fraction of sp³-hybridized carbons (Fsp3) is 0.381. The van der Waals surface area contributed by atoms with Crippen LogP contribution in [-0.4, -0.2) is 44.5 Å². The minimum absolute atomic E-state index is 0.000208. The number of thioether (sulfide) groups is 1. The highest BCUT2D eigenvalue weighted by Crippen LogP contribution is 2.17. The minimum Gasteiger partial charge on any atom is -0.370 e. The zero-order valence-corrected chi connectivity index (χ0v) is 16.1. The second-order valence-electron chi connectivity index (χ2n) is 6.65. The van der Waals surface area contributed by atoms with Crippen LogP contribution in [-0.2, 0) is 11.3 Å². The topological polar surface area (TPSA) is 42.8 Å². The van der Waals surface area contributed by atoms with Crippen molar-refractivity contribution in [2.24, 2.45) is 0 Å². The summed E-state index contributed by atoms with van der Waals surface area (Å²) in [6.45, 7) is 7.55. The van der Waals surface area contributed by atoms with E-state index >= 15 is 0 Å². The molecule has 0 spiro atoms. The van der Waals surface area contributed by atoms with Crippen molar-refractivity contribution < 1.29 is 14.4 Å². The number of hydrogen-bond donors (Lipinski definition) is 2. The number of carbonyl (C=O) groups is 1. The molecule has 1 amide bonds. The lowest BCUT2D eigenvalue weighted by molar-refractivity contribution is -0.921. The zero-order chi connectivity index (χ0) is 18.2. The quantitative estimate of drug-likeness (QED) is 0.577. The number of amides is 1. The summed E-state index contributed by atoms with van der Waals surface area (Å²) in [4.78, 5) is 15.0. The standard InChI is InChI=1S/C21H26N2O2S/c1-17-2-8-20(9-3-17)26-15-10-22-21(24)19-6-4-18(5-7-19)16-23-11-13-25-14-12-23/h2-9H,10-16H2,1H3,(H,22,24)/p+1. The predicted molar refractivity (Wildman–Crippen MR) is 106 cm³/mol. The summed E-state index contributed by atoms with van der Waals surface area (Å²) in [5, 5.41) is 3.00. The molecule has 1 saturated heterocycles. The van der Waals surface area contributed by atoms with Gasteiger partial charge in [-0.25, -0.2) is 0 Å². The first-order valence-corrected chi connectivity index (χ1v) is 10.2. The van der Waals surface area contributed by atoms with Crippen LogP contribution in [0.4, 0.5) is 0 Å². The summed E-state index contributed by atoms with van der Waals surface area (Å²) in [5.74, 6) is 0.868. The van der Waals surface area contributed by atoms with Crippen LogP contribution in [0.25, 0.3) is 0 Å². The Balaban J connectivity index is 1.40. The van der Waals surface area contributed by atoms with Crippen molar-refractivity contribution in [3.8, 4) is 0 Å². The largest absolute Gasteiger partial charge is 0.370 e. The Morgan fingerprint density at radius 1 is 1.08 bits per heavy atom. The van der Waals surface area contributed by atoms with Gasteiger partial charge in [0, 0.05) is 28.3 Å². The van der Waals surface area contributed by atoms with E-state index in [1.807, 2.05) is 12.1 Å². The Hall–Kier alpha value is -1.82. The molecule has 2 aromatic carbocycles. The number of benzene rings is 2. The molecule has 1 fully saturated rings. The molecule has 2 N–H and O–H groups in total. The molecule has 138 valence electrons. The number of aryl methyl sites for hydroxylation is 1. The Bertz CT molecular complexity index is 695. The normalized spacial score (nSPS) is 15.0. The van der Waals surface area contributed by atoms with E-state index in [-0.39, 0.29) is 5.91 Å². The van der Waals surface area contributed by atoms with Crippen LogP contribution in [0.3, 0.4) is 0 Å². The summed E-state index contributed by atoms with van der Waals surface area (Å²) in [6, 6.07) is 16.5. The molecule has 0 saturated carbocycles. The monoisotopic (exact) mass is 371 g/mol. The van der Waals surface area contributed by atoms with Crippen LogP contribution in [0.5, 0.6) is 0 Å². The molecule has 1 aliphatic heterocycles. The van der Waals surface area contributed by atoms with Gasteiger partial charge in [-0.1, -0.05) is 29.8 Å². The third-order valence-corrected chi connectivity index (χ3v) is 5.56. The van der Waals surface area contributed by atoms with Gasteiger partial charge in [0.1, 0.15) is 19.6 Å². The molecule has 4 nitrogen and oxygen atoms in total. The predicted octanol–water partition coefficient (Wildman–Crippen LogP) is 1.93. The first kappa shape index (κ1) is 19.0. The van der Waals surface area contributed by atoms with Crippen molar-refractivity contribution in [1.82, 2.24) is 5.32 Å². The van der Waals surface area contributed by atoms with E-state index in [0.29, 0.717) is 6.54 Å². The Kier molecular flexibility index (Phi) is 7.12. The van der Waals surface area contributed by atoms with E-state index < -0.39 is 0 Å². The average molecular weight is 372 g/mol. The van der Waals surface area contributed by atoms with Crippen LogP contribution in [0.2, 0.25) is 0 Å². The lowest BCUT2D eigenvalue weighted by Crippen LogP contribution is -3.12. The van der Waals surface area contributed by atoms with Crippen LogP contribution < -0.4 is 10.2 Å². The molecule has 1 heterocycles. The van der Waals surface area contributed by atoms with Crippen LogP contribution in [0.15, 0.2) is 53.4 Å². The number of quaternary nitrogens is 1. The first-order chi connectivity index (χ1) is 12.7. The van der Waals surface area contributed by atoms with E-state index in [4.69, 9.17) is 4.74 Å². The van der Waals surface area contributed by atoms with Crippen molar-refractivity contribution in [2.75, 3.05) is 38.6 Å². The van der Waals surface area contributed by atoms with E-state index in [1.165, 1.54) is 16.0 Å². The zero-order valence-electron chi connectivity index (χ0n) is 15.3. The highest BCUT2D eigenvalue weighted by Gasteiger charge is 2.14. The van der Waals surface area contributed by atoms with Gasteiger partial charge < -0.3 is 15.0 Å². The maximum absolute atomic E-state index is 12.3. The molecular weight excluding hydrogens is 344 g/mol. The van der Waals surface area contributed by atoms with Crippen LogP contribution in [0.1, 0.15) is 21.5 Å². The van der Waals surface area contributed by atoms with Gasteiger partial charge in [0.25, 0.3) is 5.91 Å². The number of nitrogens with one attached hydrogen (secondary N) is 2. The van der Waals surface area contributed by atoms with Gasteiger partial charge in [0.2, 0.25) is 0 Å². The highest BCUT2D eigenvalue weighted by atomic mass is 32.2. The molecule has 0 aromatic heterocycles. The van der Waals surface area contributed by atoms with Crippen molar-refractivity contribution in [3.05, 3.63) is 65.2 Å². The van der Waals surface area contributed by atoms with Crippen molar-refractivity contribution in [2.45, 2.75) is 18.4 Å². The van der Waals surface area contributed by atoms with Gasteiger partial charge in [-0.05, 0) is 31.2 Å². The van der Waals surface area contributed by atoms with Gasteiger partial charge in [-0.2, -0.15) is 0 Å². The van der Waals surface area contributed by atoms with E-state index in [2.05, 4.69) is 48.6 Å². The molecule has 0 unspecified atom stereocenters. The minimum atomic E-state index is -0.000208. The Labute approximate surface area is 159 Å². The summed E-state index contributed by atoms with van der Waals surface area (Å²) in [7, 11) is 0. The Morgan fingerprint density at radius 3 is 2.46 bits per heavy atom. The molecule has 2 aromatic rings. The SMILES string of the molecule is Cc1ccc(SCCNC(=O)c2ccc(C[NH+]3CCOCC3)cc2)cc1. The van der Waals surface area contributed by atoms with Gasteiger partial charge in [0.05, 0.1) is 13.2 Å². The van der Waals surface area contributed by atoms with Crippen LogP contribution in [0, 0.1) is 6.92 Å². The number of hydrogen-bond acceptors (Lipinski definition) is 3. The van der Waals surface area contributed by atoms with Gasteiger partial charge in [0.15, 0.2) is 0 Å². The van der Waals surface area contributed by atoms with Gasteiger partial charge >= 0.3 is 0 Å². The lowest BCUT2D eigenvalue weighted by atomic mass is 10.1. The third kappa shape index (κ3) is 5.87. The van der Waals surface area contributed by atoms with Crippen molar-refractivity contribution in [3.63, 3.8) is 0 Å². The van der Waals surface area contributed by atoms with E-state index in [9.17, 15) is 4.79 Å². The maximum Gasteiger partial charge on any atom is 0.251 e. The molecule has 0 atom stereocenters.